The lowest BCUT2D eigenvalue weighted by molar-refractivity contribution is 0.0783. The smallest absolute Gasteiger partial charge is 0.165 e. The molecule has 0 saturated heterocycles. The van der Waals surface area contributed by atoms with Crippen molar-refractivity contribution in [2.24, 2.45) is 0 Å². The van der Waals surface area contributed by atoms with Crippen LogP contribution in [-0.2, 0) is 0 Å². The predicted octanol–water partition coefficient (Wildman–Crippen LogP) is 1.16. The van der Waals surface area contributed by atoms with Crippen LogP contribution in [0.1, 0.15) is 12.8 Å². The Morgan fingerprint density at radius 1 is 1.54 bits per heavy atom. The second-order valence-corrected chi connectivity index (χ2v) is 3.23. The lowest BCUT2D eigenvalue weighted by Gasteiger charge is -2.33. The summed E-state index contributed by atoms with van der Waals surface area (Å²) in [5.74, 6) is -0.146. The molecule has 0 bridgehead atoms. The van der Waals surface area contributed by atoms with Crippen LogP contribution in [-0.4, -0.2) is 22.2 Å². The lowest BCUT2D eigenvalue weighted by atomic mass is 9.89. The van der Waals surface area contributed by atoms with Gasteiger partial charge in [-0.25, -0.2) is 9.37 Å². The molecule has 1 aliphatic rings. The number of hydrogen-bond donors (Lipinski definition) is 2. The minimum atomic E-state index is -0.374. The maximum atomic E-state index is 13.0. The van der Waals surface area contributed by atoms with Gasteiger partial charge >= 0.3 is 0 Å². The summed E-state index contributed by atoms with van der Waals surface area (Å²) in [6, 6.07) is 2.85. The second kappa shape index (κ2) is 3.30. The van der Waals surface area contributed by atoms with Crippen molar-refractivity contribution >= 4 is 5.82 Å². The Labute approximate surface area is 75.6 Å². The highest BCUT2D eigenvalue weighted by Crippen LogP contribution is 2.23. The van der Waals surface area contributed by atoms with Crippen LogP contribution in [0, 0.1) is 5.82 Å². The fourth-order valence-corrected chi connectivity index (χ4v) is 1.32. The molecule has 0 amide bonds. The molecule has 1 aromatic rings. The third kappa shape index (κ3) is 1.62. The number of nitrogens with one attached hydrogen (secondary N) is 1. The van der Waals surface area contributed by atoms with E-state index in [1.165, 1.54) is 18.3 Å². The van der Waals surface area contributed by atoms with Gasteiger partial charge in [0.25, 0.3) is 0 Å². The van der Waals surface area contributed by atoms with Gasteiger partial charge in [-0.3, -0.25) is 0 Å². The van der Waals surface area contributed by atoms with Gasteiger partial charge in [-0.05, 0) is 25.0 Å². The Kier molecular flexibility index (Phi) is 2.14. The third-order valence-corrected chi connectivity index (χ3v) is 2.32. The van der Waals surface area contributed by atoms with E-state index in [9.17, 15) is 9.50 Å². The predicted molar refractivity (Wildman–Crippen MR) is 46.8 cm³/mol. The minimum Gasteiger partial charge on any atom is -0.391 e. The highest BCUT2D eigenvalue weighted by atomic mass is 19.1. The average molecular weight is 182 g/mol. The van der Waals surface area contributed by atoms with Gasteiger partial charge in [0.05, 0.1) is 12.1 Å². The molecule has 1 aliphatic carbocycles. The molecule has 1 fully saturated rings. The Morgan fingerprint density at radius 2 is 2.38 bits per heavy atom. The van der Waals surface area contributed by atoms with Crippen molar-refractivity contribution in [1.29, 1.82) is 0 Å². The molecule has 4 heteroatoms. The van der Waals surface area contributed by atoms with E-state index in [2.05, 4.69) is 10.3 Å². The lowest BCUT2D eigenvalue weighted by Crippen LogP contribution is -2.43. The molecule has 2 atom stereocenters. The van der Waals surface area contributed by atoms with Crippen LogP contribution in [0.15, 0.2) is 18.3 Å². The summed E-state index contributed by atoms with van der Waals surface area (Å²) in [4.78, 5) is 3.84. The molecule has 2 N–H and O–H groups in total. The molecule has 1 heterocycles. The molecule has 3 nitrogen and oxygen atoms in total. The summed E-state index contributed by atoms with van der Waals surface area (Å²) in [5, 5.41) is 12.1. The summed E-state index contributed by atoms with van der Waals surface area (Å²) in [7, 11) is 0. The fourth-order valence-electron chi connectivity index (χ4n) is 1.32. The van der Waals surface area contributed by atoms with E-state index in [4.69, 9.17) is 0 Å². The molecule has 1 aromatic heterocycles. The van der Waals surface area contributed by atoms with Gasteiger partial charge in [-0.2, -0.15) is 0 Å². The first kappa shape index (κ1) is 8.44. The van der Waals surface area contributed by atoms with Gasteiger partial charge in [0, 0.05) is 6.20 Å². The Bertz CT molecular complexity index is 305. The molecule has 2 unspecified atom stereocenters. The summed E-state index contributed by atoms with van der Waals surface area (Å²) in [6.07, 6.45) is 2.82. The zero-order valence-corrected chi connectivity index (χ0v) is 7.07. The van der Waals surface area contributed by atoms with E-state index < -0.39 is 0 Å². The number of aliphatic hydroxyl groups is 1. The molecule has 13 heavy (non-hydrogen) atoms. The number of aromatic nitrogens is 1. The first-order chi connectivity index (χ1) is 6.27. The second-order valence-electron chi connectivity index (χ2n) is 3.23. The van der Waals surface area contributed by atoms with E-state index in [0.717, 1.165) is 12.8 Å². The SMILES string of the molecule is OC1CCC1Nc1ncccc1F. The number of rotatable bonds is 2. The quantitative estimate of drug-likeness (QED) is 0.721. The molecule has 0 radical (unpaired) electrons. The van der Waals surface area contributed by atoms with Crippen LogP contribution < -0.4 is 5.32 Å². The Hall–Kier alpha value is -1.16. The normalized spacial score (nSPS) is 26.6. The Balaban J connectivity index is 2.05. The minimum absolute atomic E-state index is 0.0376. The highest BCUT2D eigenvalue weighted by molar-refractivity contribution is 5.37. The molecule has 70 valence electrons. The van der Waals surface area contributed by atoms with Crippen molar-refractivity contribution in [2.75, 3.05) is 5.32 Å². The zero-order valence-electron chi connectivity index (χ0n) is 7.07. The van der Waals surface area contributed by atoms with Crippen molar-refractivity contribution in [3.05, 3.63) is 24.1 Å². The van der Waals surface area contributed by atoms with Crippen LogP contribution in [0.3, 0.4) is 0 Å². The van der Waals surface area contributed by atoms with Gasteiger partial charge in [0.2, 0.25) is 0 Å². The standard InChI is InChI=1S/C9H11FN2O/c10-6-2-1-5-11-9(6)12-7-3-4-8(7)13/h1-2,5,7-8,13H,3-4H2,(H,11,12). The topological polar surface area (TPSA) is 45.1 Å². The fraction of sp³-hybridized carbons (Fsp3) is 0.444. The molecule has 0 aliphatic heterocycles. The average Bonchev–Trinajstić information content (AvgIpc) is 2.14. The monoisotopic (exact) mass is 182 g/mol. The maximum Gasteiger partial charge on any atom is 0.165 e. The van der Waals surface area contributed by atoms with Crippen molar-refractivity contribution in [3.63, 3.8) is 0 Å². The van der Waals surface area contributed by atoms with E-state index in [0.29, 0.717) is 0 Å². The summed E-state index contributed by atoms with van der Waals surface area (Å²) < 4.78 is 13.0. The molecular formula is C9H11FN2O. The molecular weight excluding hydrogens is 171 g/mol. The number of anilines is 1. The number of pyridine rings is 1. The van der Waals surface area contributed by atoms with Gasteiger partial charge in [0.15, 0.2) is 11.6 Å². The first-order valence-corrected chi connectivity index (χ1v) is 4.32. The first-order valence-electron chi connectivity index (χ1n) is 4.32. The number of hydrogen-bond acceptors (Lipinski definition) is 3. The van der Waals surface area contributed by atoms with Crippen LogP contribution >= 0.6 is 0 Å². The van der Waals surface area contributed by atoms with Crippen LogP contribution in [0.25, 0.3) is 0 Å². The Morgan fingerprint density at radius 3 is 2.92 bits per heavy atom. The third-order valence-electron chi connectivity index (χ3n) is 2.32. The van der Waals surface area contributed by atoms with Crippen molar-refractivity contribution in [2.45, 2.75) is 25.0 Å². The van der Waals surface area contributed by atoms with E-state index >= 15 is 0 Å². The number of aliphatic hydroxyl groups excluding tert-OH is 1. The van der Waals surface area contributed by atoms with Gasteiger partial charge < -0.3 is 10.4 Å². The number of nitrogens with zero attached hydrogens (tertiary/aromatic N) is 1. The van der Waals surface area contributed by atoms with Crippen LogP contribution in [0.4, 0.5) is 10.2 Å². The van der Waals surface area contributed by atoms with Gasteiger partial charge in [-0.15, -0.1) is 0 Å². The van der Waals surface area contributed by atoms with E-state index in [1.807, 2.05) is 0 Å². The van der Waals surface area contributed by atoms with Crippen LogP contribution in [0.5, 0.6) is 0 Å². The maximum absolute atomic E-state index is 13.0. The van der Waals surface area contributed by atoms with Crippen LogP contribution in [0.2, 0.25) is 0 Å². The molecule has 1 saturated carbocycles. The largest absolute Gasteiger partial charge is 0.391 e. The molecule has 0 aromatic carbocycles. The van der Waals surface area contributed by atoms with Crippen molar-refractivity contribution < 1.29 is 9.50 Å². The molecule has 0 spiro atoms. The van der Waals surface area contributed by atoms with Gasteiger partial charge in [0.1, 0.15) is 0 Å². The highest BCUT2D eigenvalue weighted by Gasteiger charge is 2.29. The van der Waals surface area contributed by atoms with Crippen molar-refractivity contribution in [1.82, 2.24) is 4.98 Å². The zero-order chi connectivity index (χ0) is 9.26. The van der Waals surface area contributed by atoms with E-state index in [-0.39, 0.29) is 23.8 Å². The van der Waals surface area contributed by atoms with Crippen molar-refractivity contribution in [3.8, 4) is 0 Å². The molecule has 2 rings (SSSR count). The summed E-state index contributed by atoms with van der Waals surface area (Å²) >= 11 is 0. The number of halogens is 1. The summed E-state index contributed by atoms with van der Waals surface area (Å²) in [6.45, 7) is 0. The van der Waals surface area contributed by atoms with Gasteiger partial charge in [-0.1, -0.05) is 0 Å². The summed E-state index contributed by atoms with van der Waals surface area (Å²) in [5.41, 5.74) is 0. The van der Waals surface area contributed by atoms with E-state index in [1.54, 1.807) is 0 Å².